The van der Waals surface area contributed by atoms with Crippen molar-refractivity contribution in [1.29, 1.82) is 0 Å². The Bertz CT molecular complexity index is 2020. The van der Waals surface area contributed by atoms with E-state index in [0.29, 0.717) is 0 Å². The van der Waals surface area contributed by atoms with E-state index in [0.717, 1.165) is 0 Å². The molecule has 3 saturated heterocycles. The number of carbonyl (C=O) groups excluding carboxylic acids is 10. The molecule has 0 spiro atoms. The second-order valence-corrected chi connectivity index (χ2v) is 25.2. The zero-order valence-electron chi connectivity index (χ0n) is 50.7. The first-order valence-electron chi connectivity index (χ1n) is 29.1. The van der Waals surface area contributed by atoms with Gasteiger partial charge in [0.1, 0.15) is 47.5 Å². The van der Waals surface area contributed by atoms with E-state index in [1.807, 2.05) is 27.7 Å². The van der Waals surface area contributed by atoms with Crippen LogP contribution in [-0.2, 0) is 57.3 Å². The Morgan fingerprint density at radius 1 is 0.488 bits per heavy atom. The second kappa shape index (κ2) is 32.8. The predicted octanol–water partition coefficient (Wildman–Crippen LogP) is 0.972. The van der Waals surface area contributed by atoms with E-state index in [9.17, 15) is 58.2 Å². The highest BCUT2D eigenvalue weighted by atomic mass is 16.6. The van der Waals surface area contributed by atoms with Gasteiger partial charge in [0.2, 0.25) is 35.4 Å². The molecule has 12 N–H and O–H groups in total. The Hall–Kier alpha value is -5.86. The Morgan fingerprint density at radius 3 is 1.12 bits per heavy atom. The second-order valence-electron chi connectivity index (χ2n) is 25.2. The minimum absolute atomic E-state index is 0.0409. The smallest absolute Gasteiger partial charge is 0.407 e. The molecule has 0 aromatic rings. The standard InChI is InChI=1S/C56H98N10O16/c1-29(2)25-37-45(69)59-27-33-19-21-39(67)43(79-33)51(75)66-42(32(7)8)50(74)62-36(18-16-24-58-54(78)82-56(12,13)14)48(72)64-38(26-30(3)4)46(70)60-28-34-20-22-40(68)44(80-34)52(76)65-41(31(5)6)49(73)61-35(47(71)63-37)17-15-23-57-53(77)81-55(9,10)11/h29-44,67-68H,15-28H2,1-14H3,(H,57,77)(H,58,78)(H,59,69)(H,60,70)(H,61,73)(H,62,74)(H,63,71)(H,64,72)(H,65,76)(H,66,75)/t33-,34-,35+,36+,37+,38+,39+,40+,41+,42+,43+,44+/m1/s1. The van der Waals surface area contributed by atoms with Crippen LogP contribution in [0.25, 0.3) is 0 Å². The fraction of sp³-hybridized carbons (Fsp3) is 0.821. The van der Waals surface area contributed by atoms with Crippen LogP contribution in [0.15, 0.2) is 0 Å². The number of amides is 10. The van der Waals surface area contributed by atoms with E-state index < -0.39 is 155 Å². The van der Waals surface area contributed by atoms with E-state index >= 15 is 0 Å². The fourth-order valence-corrected chi connectivity index (χ4v) is 9.37. The van der Waals surface area contributed by atoms with Crippen LogP contribution in [0.2, 0.25) is 0 Å². The molecule has 0 aromatic carbocycles. The number of alkyl carbamates (subject to hydrolysis) is 2. The molecule has 3 aliphatic rings. The summed E-state index contributed by atoms with van der Waals surface area (Å²) in [5.74, 6) is -7.35. The van der Waals surface area contributed by atoms with E-state index in [1.54, 1.807) is 69.2 Å². The van der Waals surface area contributed by atoms with Crippen LogP contribution in [0.5, 0.6) is 0 Å². The number of hydrogen-bond acceptors (Lipinski definition) is 16. The van der Waals surface area contributed by atoms with Gasteiger partial charge in [-0.1, -0.05) is 55.4 Å². The topological polar surface area (TPSA) is 368 Å². The highest BCUT2D eigenvalue weighted by Gasteiger charge is 2.41. The summed E-state index contributed by atoms with van der Waals surface area (Å²) in [6, 6.07) is -7.47. The lowest BCUT2D eigenvalue weighted by Crippen LogP contribution is -2.61. The molecule has 10 amide bonds. The number of fused-ring (bicyclic) bond motifs is 4. The highest BCUT2D eigenvalue weighted by Crippen LogP contribution is 2.23. The third-order valence-corrected chi connectivity index (χ3v) is 13.6. The third-order valence-electron chi connectivity index (χ3n) is 13.6. The molecule has 3 fully saturated rings. The Labute approximate surface area is 483 Å². The van der Waals surface area contributed by atoms with Crippen molar-refractivity contribution in [3.8, 4) is 0 Å². The highest BCUT2D eigenvalue weighted by molar-refractivity contribution is 5.96. The quantitative estimate of drug-likeness (QED) is 0.108. The predicted molar refractivity (Wildman–Crippen MR) is 301 cm³/mol. The Kier molecular flexibility index (Phi) is 28.2. The average Bonchev–Trinajstić information content (AvgIpc) is 3.48. The van der Waals surface area contributed by atoms with Gasteiger partial charge in [-0.3, -0.25) is 38.4 Å². The molecule has 26 nitrogen and oxygen atoms in total. The first kappa shape index (κ1) is 70.4. The van der Waals surface area contributed by atoms with Crippen LogP contribution in [0.1, 0.15) is 161 Å². The third kappa shape index (κ3) is 24.9. The van der Waals surface area contributed by atoms with Gasteiger partial charge in [-0.15, -0.1) is 0 Å². The molecule has 3 heterocycles. The Morgan fingerprint density at radius 2 is 0.817 bits per heavy atom. The molecule has 468 valence electrons. The summed E-state index contributed by atoms with van der Waals surface area (Å²) in [6.45, 7) is 24.0. The van der Waals surface area contributed by atoms with Crippen molar-refractivity contribution in [1.82, 2.24) is 53.2 Å². The van der Waals surface area contributed by atoms with Crippen LogP contribution in [0.4, 0.5) is 9.59 Å². The van der Waals surface area contributed by atoms with E-state index in [2.05, 4.69) is 53.2 Å². The molecule has 12 atom stereocenters. The van der Waals surface area contributed by atoms with Crippen molar-refractivity contribution in [2.45, 2.75) is 245 Å². The van der Waals surface area contributed by atoms with Gasteiger partial charge in [0.25, 0.3) is 11.8 Å². The number of nitrogens with one attached hydrogen (secondary N) is 10. The van der Waals surface area contributed by atoms with Gasteiger partial charge in [0.15, 0.2) is 12.2 Å². The van der Waals surface area contributed by atoms with Crippen LogP contribution in [0.3, 0.4) is 0 Å². The molecule has 0 aliphatic carbocycles. The molecular formula is C56H98N10O16. The fourth-order valence-electron chi connectivity index (χ4n) is 9.37. The van der Waals surface area contributed by atoms with Gasteiger partial charge in [-0.25, -0.2) is 9.59 Å². The van der Waals surface area contributed by atoms with Crippen LogP contribution in [-0.4, -0.2) is 180 Å². The van der Waals surface area contributed by atoms with Gasteiger partial charge in [-0.05, 0) is 129 Å². The van der Waals surface area contributed by atoms with Gasteiger partial charge >= 0.3 is 12.2 Å². The first-order chi connectivity index (χ1) is 38.1. The number of aliphatic hydroxyl groups excluding tert-OH is 2. The van der Waals surface area contributed by atoms with E-state index in [-0.39, 0.29) is 102 Å². The molecule has 3 aliphatic heterocycles. The zero-order chi connectivity index (χ0) is 61.8. The van der Waals surface area contributed by atoms with Crippen molar-refractivity contribution in [2.24, 2.45) is 23.7 Å². The molecule has 0 aromatic heterocycles. The SMILES string of the molecule is CC(C)C[C@@H]1NC(=O)[C@H](CCCNC(=O)OC(C)(C)C)NC(=O)[C@H](C(C)C)NC(=O)[C@H]2O[C@H](CC[C@@H]2O)CNC(=O)[C@H](CC(C)C)NC(=O)[C@H](CCCNC(=O)OC(C)(C)C)NC(=O)[C@H](C(C)C)NC(=O)[C@H]2O[C@H](CC[C@@H]2O)CNC1=O. The summed E-state index contributed by atoms with van der Waals surface area (Å²) < 4.78 is 22.8. The minimum Gasteiger partial charge on any atom is -0.444 e. The normalized spacial score (nSPS) is 28.5. The maximum Gasteiger partial charge on any atom is 0.407 e. The van der Waals surface area contributed by atoms with Crippen molar-refractivity contribution < 1.29 is 77.1 Å². The molecule has 4 bridgehead atoms. The lowest BCUT2D eigenvalue weighted by molar-refractivity contribution is -0.160. The average molecular weight is 1170 g/mol. The zero-order valence-corrected chi connectivity index (χ0v) is 50.7. The molecule has 3 rings (SSSR count). The van der Waals surface area contributed by atoms with Crippen LogP contribution in [0, 0.1) is 23.7 Å². The maximum absolute atomic E-state index is 14.3. The van der Waals surface area contributed by atoms with Crippen molar-refractivity contribution >= 4 is 59.4 Å². The van der Waals surface area contributed by atoms with Gasteiger partial charge < -0.3 is 82.3 Å². The Balaban J connectivity index is 2.05. The number of rotatable bonds is 14. The summed E-state index contributed by atoms with van der Waals surface area (Å²) in [4.78, 5) is 138. The van der Waals surface area contributed by atoms with Crippen molar-refractivity contribution in [3.05, 3.63) is 0 Å². The number of ether oxygens (including phenoxy) is 4. The maximum atomic E-state index is 14.3. The summed E-state index contributed by atoms with van der Waals surface area (Å²) in [5, 5.41) is 49.4. The minimum atomic E-state index is -1.49. The molecule has 0 saturated carbocycles. The number of carbonyl (C=O) groups is 10. The van der Waals surface area contributed by atoms with E-state index in [4.69, 9.17) is 18.9 Å². The molecule has 0 unspecified atom stereocenters. The van der Waals surface area contributed by atoms with Gasteiger partial charge in [-0.2, -0.15) is 0 Å². The van der Waals surface area contributed by atoms with Crippen LogP contribution < -0.4 is 53.2 Å². The summed E-state index contributed by atoms with van der Waals surface area (Å²) in [6.07, 6.45) is -7.54. The monoisotopic (exact) mass is 1170 g/mol. The van der Waals surface area contributed by atoms with Crippen molar-refractivity contribution in [2.75, 3.05) is 26.2 Å². The summed E-state index contributed by atoms with van der Waals surface area (Å²) in [5.41, 5.74) is -1.56. The molecule has 82 heavy (non-hydrogen) atoms. The molecule has 26 heteroatoms. The number of aliphatic hydroxyl groups is 2. The van der Waals surface area contributed by atoms with Gasteiger partial charge in [0, 0.05) is 26.2 Å². The van der Waals surface area contributed by atoms with Crippen molar-refractivity contribution in [3.63, 3.8) is 0 Å². The summed E-state index contributed by atoms with van der Waals surface area (Å²) in [7, 11) is 0. The van der Waals surface area contributed by atoms with Crippen LogP contribution >= 0.6 is 0 Å². The lowest BCUT2D eigenvalue weighted by Gasteiger charge is -2.35. The summed E-state index contributed by atoms with van der Waals surface area (Å²) >= 11 is 0. The lowest BCUT2D eigenvalue weighted by atomic mass is 9.97. The van der Waals surface area contributed by atoms with E-state index in [1.165, 1.54) is 0 Å². The number of hydrogen-bond donors (Lipinski definition) is 12. The molecular weight excluding hydrogens is 1070 g/mol. The largest absolute Gasteiger partial charge is 0.444 e. The first-order valence-corrected chi connectivity index (χ1v) is 29.1. The molecule has 0 radical (unpaired) electrons. The van der Waals surface area contributed by atoms with Gasteiger partial charge in [0.05, 0.1) is 24.4 Å².